The first-order valence-corrected chi connectivity index (χ1v) is 7.62. The number of aromatic nitrogens is 2. The van der Waals surface area contributed by atoms with Crippen molar-refractivity contribution in [1.29, 1.82) is 0 Å². The summed E-state index contributed by atoms with van der Waals surface area (Å²) in [7, 11) is 0. The van der Waals surface area contributed by atoms with Crippen molar-refractivity contribution in [1.82, 2.24) is 9.97 Å². The largest absolute Gasteiger partial charge is 0.456 e. The van der Waals surface area contributed by atoms with Crippen molar-refractivity contribution < 1.29 is 9.21 Å². The maximum atomic E-state index is 12.3. The first-order valence-electron chi connectivity index (χ1n) is 7.62. The number of aryl methyl sites for hydroxylation is 1. The Morgan fingerprint density at radius 1 is 1.04 bits per heavy atom. The maximum Gasteiger partial charge on any atom is 0.291 e. The smallest absolute Gasteiger partial charge is 0.291 e. The Morgan fingerprint density at radius 2 is 1.83 bits per heavy atom. The van der Waals surface area contributed by atoms with E-state index >= 15 is 0 Å². The Bertz CT molecular complexity index is 997. The minimum atomic E-state index is -0.285. The Labute approximate surface area is 138 Å². The lowest BCUT2D eigenvalue weighted by Crippen LogP contribution is -2.11. The van der Waals surface area contributed by atoms with Crippen LogP contribution in [0.15, 0.2) is 65.1 Å². The molecule has 1 amide bonds. The number of nitrogens with one attached hydrogen (secondary N) is 2. The number of hydrogen-bond acceptors (Lipinski definition) is 3. The van der Waals surface area contributed by atoms with Crippen molar-refractivity contribution in [3.8, 4) is 11.4 Å². The summed E-state index contributed by atoms with van der Waals surface area (Å²) in [6.07, 6.45) is 0. The number of imidazole rings is 1. The fourth-order valence-corrected chi connectivity index (χ4v) is 2.62. The predicted octanol–water partition coefficient (Wildman–Crippen LogP) is 4.38. The number of carbonyl (C=O) groups is 1. The molecule has 5 nitrogen and oxygen atoms in total. The van der Waals surface area contributed by atoms with Crippen molar-refractivity contribution >= 4 is 22.6 Å². The second-order valence-corrected chi connectivity index (χ2v) is 5.51. The summed E-state index contributed by atoms with van der Waals surface area (Å²) in [5, 5.41) is 2.89. The van der Waals surface area contributed by atoms with Crippen LogP contribution < -0.4 is 5.32 Å². The van der Waals surface area contributed by atoms with Crippen LogP contribution in [0.5, 0.6) is 0 Å². The molecule has 0 atom stereocenters. The average Bonchev–Trinajstić information content (AvgIpc) is 3.21. The first kappa shape index (κ1) is 14.3. The van der Waals surface area contributed by atoms with E-state index in [0.717, 1.165) is 16.6 Å². The van der Waals surface area contributed by atoms with Gasteiger partial charge in [0.1, 0.15) is 11.6 Å². The monoisotopic (exact) mass is 317 g/mol. The molecule has 2 heterocycles. The molecule has 0 saturated heterocycles. The summed E-state index contributed by atoms with van der Waals surface area (Å²) < 4.78 is 5.38. The van der Waals surface area contributed by atoms with Crippen LogP contribution in [0.4, 0.5) is 5.69 Å². The summed E-state index contributed by atoms with van der Waals surface area (Å²) in [5.74, 6) is 1.41. The van der Waals surface area contributed by atoms with Crippen molar-refractivity contribution in [2.45, 2.75) is 6.92 Å². The van der Waals surface area contributed by atoms with E-state index in [0.29, 0.717) is 17.3 Å². The number of rotatable bonds is 3. The molecule has 4 aromatic rings. The summed E-state index contributed by atoms with van der Waals surface area (Å²) in [4.78, 5) is 20.2. The first-order chi connectivity index (χ1) is 11.7. The molecule has 0 aliphatic carbocycles. The zero-order valence-corrected chi connectivity index (χ0v) is 13.0. The predicted molar refractivity (Wildman–Crippen MR) is 92.9 cm³/mol. The summed E-state index contributed by atoms with van der Waals surface area (Å²) in [6, 6.07) is 18.8. The molecule has 118 valence electrons. The number of aromatic amines is 1. The lowest BCUT2D eigenvalue weighted by molar-refractivity contribution is 0.0995. The van der Waals surface area contributed by atoms with Gasteiger partial charge in [-0.25, -0.2) is 4.98 Å². The van der Waals surface area contributed by atoms with Gasteiger partial charge in [0.2, 0.25) is 0 Å². The van der Waals surface area contributed by atoms with Gasteiger partial charge in [0.15, 0.2) is 5.76 Å². The highest BCUT2D eigenvalue weighted by atomic mass is 16.3. The summed E-state index contributed by atoms with van der Waals surface area (Å²) in [6.45, 7) is 1.80. The number of para-hydroxylation sites is 3. The molecular weight excluding hydrogens is 302 g/mol. The molecule has 2 aromatic heterocycles. The quantitative estimate of drug-likeness (QED) is 0.589. The van der Waals surface area contributed by atoms with E-state index in [2.05, 4.69) is 15.3 Å². The van der Waals surface area contributed by atoms with Gasteiger partial charge in [-0.3, -0.25) is 4.79 Å². The number of nitrogens with zero attached hydrogens (tertiary/aromatic N) is 1. The standard InChI is InChI=1S/C19H15N3O2/c1-12-10-11-17(24-12)19(23)22-14-7-3-2-6-13(14)18-20-15-8-4-5-9-16(15)21-18/h2-11H,1H3,(H,20,21)(H,22,23). The summed E-state index contributed by atoms with van der Waals surface area (Å²) in [5.41, 5.74) is 3.34. The average molecular weight is 317 g/mol. The molecular formula is C19H15N3O2. The maximum absolute atomic E-state index is 12.3. The number of hydrogen-bond donors (Lipinski definition) is 2. The normalized spacial score (nSPS) is 10.9. The molecule has 0 bridgehead atoms. The van der Waals surface area contributed by atoms with Crippen LogP contribution in [0.2, 0.25) is 0 Å². The van der Waals surface area contributed by atoms with Gasteiger partial charge in [-0.05, 0) is 43.3 Å². The molecule has 0 saturated carbocycles. The van der Waals surface area contributed by atoms with Crippen LogP contribution in [0, 0.1) is 6.92 Å². The summed E-state index contributed by atoms with van der Waals surface area (Å²) >= 11 is 0. The van der Waals surface area contributed by atoms with E-state index in [-0.39, 0.29) is 11.7 Å². The van der Waals surface area contributed by atoms with E-state index in [1.807, 2.05) is 48.5 Å². The Hall–Kier alpha value is -3.34. The van der Waals surface area contributed by atoms with E-state index in [4.69, 9.17) is 4.42 Å². The van der Waals surface area contributed by atoms with Gasteiger partial charge in [0.25, 0.3) is 5.91 Å². The lowest BCUT2D eigenvalue weighted by Gasteiger charge is -2.08. The Balaban J connectivity index is 1.71. The van der Waals surface area contributed by atoms with Gasteiger partial charge in [-0.2, -0.15) is 0 Å². The molecule has 24 heavy (non-hydrogen) atoms. The van der Waals surface area contributed by atoms with Crippen LogP contribution in [-0.4, -0.2) is 15.9 Å². The molecule has 2 aromatic carbocycles. The molecule has 0 fully saturated rings. The van der Waals surface area contributed by atoms with Crippen molar-refractivity contribution in [3.63, 3.8) is 0 Å². The van der Waals surface area contributed by atoms with Crippen molar-refractivity contribution in [3.05, 3.63) is 72.2 Å². The van der Waals surface area contributed by atoms with Crippen LogP contribution in [0.3, 0.4) is 0 Å². The highest BCUT2D eigenvalue weighted by Crippen LogP contribution is 2.28. The number of anilines is 1. The van der Waals surface area contributed by atoms with Crippen LogP contribution in [0.25, 0.3) is 22.4 Å². The van der Waals surface area contributed by atoms with Crippen LogP contribution >= 0.6 is 0 Å². The van der Waals surface area contributed by atoms with E-state index in [1.165, 1.54) is 0 Å². The minimum absolute atomic E-state index is 0.284. The van der Waals surface area contributed by atoms with Gasteiger partial charge >= 0.3 is 0 Å². The molecule has 0 spiro atoms. The second-order valence-electron chi connectivity index (χ2n) is 5.51. The van der Waals surface area contributed by atoms with Gasteiger partial charge in [0.05, 0.1) is 16.7 Å². The third-order valence-electron chi connectivity index (χ3n) is 3.78. The third kappa shape index (κ3) is 2.56. The molecule has 0 unspecified atom stereocenters. The van der Waals surface area contributed by atoms with E-state index in [9.17, 15) is 4.79 Å². The number of fused-ring (bicyclic) bond motifs is 1. The van der Waals surface area contributed by atoms with Crippen LogP contribution in [0.1, 0.15) is 16.3 Å². The topological polar surface area (TPSA) is 70.9 Å². The van der Waals surface area contributed by atoms with Gasteiger partial charge in [-0.15, -0.1) is 0 Å². The molecule has 0 aliphatic rings. The van der Waals surface area contributed by atoms with Crippen molar-refractivity contribution in [2.75, 3.05) is 5.32 Å². The SMILES string of the molecule is Cc1ccc(C(=O)Nc2ccccc2-c2nc3ccccc3[nH]2)o1. The highest BCUT2D eigenvalue weighted by molar-refractivity contribution is 6.04. The second kappa shape index (κ2) is 5.70. The highest BCUT2D eigenvalue weighted by Gasteiger charge is 2.14. The fraction of sp³-hybridized carbons (Fsp3) is 0.0526. The zero-order chi connectivity index (χ0) is 16.5. The van der Waals surface area contributed by atoms with E-state index < -0.39 is 0 Å². The molecule has 0 radical (unpaired) electrons. The Kier molecular flexibility index (Phi) is 3.39. The Morgan fingerprint density at radius 3 is 2.62 bits per heavy atom. The number of amides is 1. The number of benzene rings is 2. The number of furan rings is 1. The fourth-order valence-electron chi connectivity index (χ4n) is 2.62. The van der Waals surface area contributed by atoms with Crippen LogP contribution in [-0.2, 0) is 0 Å². The van der Waals surface area contributed by atoms with Gasteiger partial charge in [0, 0.05) is 5.56 Å². The third-order valence-corrected chi connectivity index (χ3v) is 3.78. The minimum Gasteiger partial charge on any atom is -0.456 e. The number of H-pyrrole nitrogens is 1. The number of carbonyl (C=O) groups excluding carboxylic acids is 1. The van der Waals surface area contributed by atoms with Crippen molar-refractivity contribution in [2.24, 2.45) is 0 Å². The zero-order valence-electron chi connectivity index (χ0n) is 13.0. The van der Waals surface area contributed by atoms with E-state index in [1.54, 1.807) is 19.1 Å². The van der Waals surface area contributed by atoms with Gasteiger partial charge < -0.3 is 14.7 Å². The molecule has 4 rings (SSSR count). The lowest BCUT2D eigenvalue weighted by atomic mass is 10.1. The van der Waals surface area contributed by atoms with Gasteiger partial charge in [-0.1, -0.05) is 24.3 Å². The molecule has 2 N–H and O–H groups in total. The molecule has 5 heteroatoms. The molecule has 0 aliphatic heterocycles.